The fraction of sp³-hybridized carbons (Fsp3) is 0.462. The topological polar surface area (TPSA) is 52.6 Å². The molecule has 20 heavy (non-hydrogen) atoms. The number of anilines is 1. The van der Waals surface area contributed by atoms with Crippen LogP contribution in [0.2, 0.25) is 0 Å². The summed E-state index contributed by atoms with van der Waals surface area (Å²) in [5.41, 5.74) is -0.397. The van der Waals surface area contributed by atoms with Crippen molar-refractivity contribution in [3.05, 3.63) is 29.6 Å². The molecule has 7 heteroatoms. The Morgan fingerprint density at radius 1 is 1.35 bits per heavy atom. The van der Waals surface area contributed by atoms with Crippen LogP contribution in [0.1, 0.15) is 12.8 Å². The lowest BCUT2D eigenvalue weighted by molar-refractivity contribution is -0.118. The second-order valence-corrected chi connectivity index (χ2v) is 4.80. The zero-order valence-electron chi connectivity index (χ0n) is 10.7. The largest absolute Gasteiger partial charge is 0.392 e. The third kappa shape index (κ3) is 3.49. The number of carbonyl (C=O) groups is 1. The molecule has 2 rings (SSSR count). The first-order valence-corrected chi connectivity index (χ1v) is 6.31. The maximum absolute atomic E-state index is 13.4. The van der Waals surface area contributed by atoms with Crippen molar-refractivity contribution in [2.75, 3.05) is 25.0 Å². The summed E-state index contributed by atoms with van der Waals surface area (Å²) < 4.78 is 39.1. The highest BCUT2D eigenvalue weighted by Gasteiger charge is 2.21. The Hall–Kier alpha value is -1.60. The molecule has 0 spiro atoms. The van der Waals surface area contributed by atoms with Crippen LogP contribution in [0.25, 0.3) is 0 Å². The second-order valence-electron chi connectivity index (χ2n) is 4.80. The average molecular weight is 288 g/mol. The lowest BCUT2D eigenvalue weighted by Gasteiger charge is -2.29. The molecule has 110 valence electrons. The zero-order valence-corrected chi connectivity index (χ0v) is 10.7. The maximum atomic E-state index is 13.4. The number of carbonyl (C=O) groups excluding carboxylic acids is 1. The summed E-state index contributed by atoms with van der Waals surface area (Å²) in [5, 5.41) is 11.7. The number of rotatable bonds is 3. The Kier molecular flexibility index (Phi) is 4.61. The molecule has 0 aliphatic carbocycles. The van der Waals surface area contributed by atoms with Crippen molar-refractivity contribution >= 4 is 11.6 Å². The third-order valence-corrected chi connectivity index (χ3v) is 3.16. The van der Waals surface area contributed by atoms with Crippen LogP contribution in [0.4, 0.5) is 18.9 Å². The lowest BCUT2D eigenvalue weighted by Crippen LogP contribution is -2.42. The van der Waals surface area contributed by atoms with Gasteiger partial charge in [0.1, 0.15) is 0 Å². The smallest absolute Gasteiger partial charge is 0.238 e. The molecular formula is C13H15F3N2O2. The number of hydrogen-bond donors (Lipinski definition) is 2. The highest BCUT2D eigenvalue weighted by Crippen LogP contribution is 2.19. The first-order chi connectivity index (χ1) is 9.47. The number of amides is 1. The molecule has 1 unspecified atom stereocenters. The van der Waals surface area contributed by atoms with Crippen LogP contribution in [0.15, 0.2) is 12.1 Å². The summed E-state index contributed by atoms with van der Waals surface area (Å²) in [4.78, 5) is 13.4. The molecule has 1 amide bonds. The number of aliphatic hydroxyl groups is 1. The van der Waals surface area contributed by atoms with E-state index in [0.717, 1.165) is 18.6 Å². The van der Waals surface area contributed by atoms with Gasteiger partial charge in [-0.05, 0) is 31.5 Å². The Labute approximate surface area is 114 Å². The number of likely N-dealkylation sites (tertiary alicyclic amines) is 1. The van der Waals surface area contributed by atoms with Gasteiger partial charge >= 0.3 is 0 Å². The molecule has 2 N–H and O–H groups in total. The van der Waals surface area contributed by atoms with E-state index < -0.39 is 35.2 Å². The van der Waals surface area contributed by atoms with Gasteiger partial charge in [0.2, 0.25) is 5.91 Å². The van der Waals surface area contributed by atoms with E-state index >= 15 is 0 Å². The normalized spacial score (nSPS) is 19.9. The van der Waals surface area contributed by atoms with Crippen LogP contribution < -0.4 is 5.32 Å². The van der Waals surface area contributed by atoms with Crippen molar-refractivity contribution in [3.8, 4) is 0 Å². The van der Waals surface area contributed by atoms with E-state index in [1.165, 1.54) is 0 Å². The molecule has 0 saturated carbocycles. The van der Waals surface area contributed by atoms with Gasteiger partial charge in [-0.15, -0.1) is 0 Å². The highest BCUT2D eigenvalue weighted by molar-refractivity contribution is 5.92. The predicted molar refractivity (Wildman–Crippen MR) is 66.6 cm³/mol. The van der Waals surface area contributed by atoms with E-state index in [9.17, 15) is 23.1 Å². The lowest BCUT2D eigenvalue weighted by atomic mass is 10.1. The number of β-amino-alcohol motifs (C(OH)–C–C–N with tert-alkyl or cyclic N) is 1. The van der Waals surface area contributed by atoms with Crippen molar-refractivity contribution in [1.82, 2.24) is 4.90 Å². The summed E-state index contributed by atoms with van der Waals surface area (Å²) in [6.07, 6.45) is 0.987. The van der Waals surface area contributed by atoms with E-state index in [2.05, 4.69) is 5.32 Å². The second kappa shape index (κ2) is 6.23. The number of nitrogens with one attached hydrogen (secondary N) is 1. The van der Waals surface area contributed by atoms with Crippen LogP contribution in [0.5, 0.6) is 0 Å². The van der Waals surface area contributed by atoms with E-state index in [0.29, 0.717) is 19.5 Å². The molecule has 1 aliphatic heterocycles. The van der Waals surface area contributed by atoms with Gasteiger partial charge in [-0.25, -0.2) is 13.2 Å². The van der Waals surface area contributed by atoms with E-state index in [4.69, 9.17) is 0 Å². The summed E-state index contributed by atoms with van der Waals surface area (Å²) >= 11 is 0. The fourth-order valence-electron chi connectivity index (χ4n) is 2.19. The highest BCUT2D eigenvalue weighted by atomic mass is 19.2. The summed E-state index contributed by atoms with van der Waals surface area (Å²) in [7, 11) is 0. The third-order valence-electron chi connectivity index (χ3n) is 3.16. The monoisotopic (exact) mass is 288 g/mol. The number of nitrogens with zero attached hydrogens (tertiary/aromatic N) is 1. The minimum absolute atomic E-state index is 0.0322. The van der Waals surface area contributed by atoms with Gasteiger partial charge in [-0.1, -0.05) is 0 Å². The average Bonchev–Trinajstić information content (AvgIpc) is 2.39. The van der Waals surface area contributed by atoms with Gasteiger partial charge in [-0.2, -0.15) is 0 Å². The molecule has 0 bridgehead atoms. The Morgan fingerprint density at radius 2 is 2.10 bits per heavy atom. The molecular weight excluding hydrogens is 273 g/mol. The van der Waals surface area contributed by atoms with Crippen LogP contribution >= 0.6 is 0 Å². The van der Waals surface area contributed by atoms with E-state index in [1.807, 2.05) is 0 Å². The van der Waals surface area contributed by atoms with Crippen LogP contribution in [0.3, 0.4) is 0 Å². The summed E-state index contributed by atoms with van der Waals surface area (Å²) in [6, 6.07) is 1.72. The number of benzene rings is 1. The quantitative estimate of drug-likeness (QED) is 0.829. The maximum Gasteiger partial charge on any atom is 0.238 e. The Bertz CT molecular complexity index is 511. The SMILES string of the molecule is O=C(CN1CCCC(O)C1)Nc1ccc(F)c(F)c1F. The van der Waals surface area contributed by atoms with Crippen molar-refractivity contribution < 1.29 is 23.1 Å². The molecule has 1 aromatic rings. The van der Waals surface area contributed by atoms with Crippen molar-refractivity contribution in [2.45, 2.75) is 18.9 Å². The number of aliphatic hydroxyl groups excluding tert-OH is 1. The van der Waals surface area contributed by atoms with Crippen LogP contribution in [-0.4, -0.2) is 41.7 Å². The summed E-state index contributed by atoms with van der Waals surface area (Å²) in [6.45, 7) is 0.994. The Morgan fingerprint density at radius 3 is 2.80 bits per heavy atom. The zero-order chi connectivity index (χ0) is 14.7. The van der Waals surface area contributed by atoms with Crippen LogP contribution in [-0.2, 0) is 4.79 Å². The van der Waals surface area contributed by atoms with Crippen molar-refractivity contribution in [3.63, 3.8) is 0 Å². The van der Waals surface area contributed by atoms with Gasteiger partial charge in [-0.3, -0.25) is 9.69 Å². The molecule has 0 aromatic heterocycles. The van der Waals surface area contributed by atoms with Gasteiger partial charge in [0.15, 0.2) is 17.5 Å². The molecule has 1 atom stereocenters. The minimum atomic E-state index is -1.61. The standard InChI is InChI=1S/C13H15F3N2O2/c14-9-3-4-10(13(16)12(9)15)17-11(20)7-18-5-1-2-8(19)6-18/h3-4,8,19H,1-2,5-7H2,(H,17,20). The first-order valence-electron chi connectivity index (χ1n) is 6.31. The van der Waals surface area contributed by atoms with Crippen molar-refractivity contribution in [1.29, 1.82) is 0 Å². The van der Waals surface area contributed by atoms with Gasteiger partial charge < -0.3 is 10.4 Å². The molecule has 0 radical (unpaired) electrons. The molecule has 1 aromatic carbocycles. The number of hydrogen-bond acceptors (Lipinski definition) is 3. The van der Waals surface area contributed by atoms with Gasteiger partial charge in [0.05, 0.1) is 18.3 Å². The molecule has 1 heterocycles. The van der Waals surface area contributed by atoms with Gasteiger partial charge in [0, 0.05) is 6.54 Å². The van der Waals surface area contributed by atoms with Crippen LogP contribution in [0, 0.1) is 17.5 Å². The Balaban J connectivity index is 1.96. The summed E-state index contributed by atoms with van der Waals surface area (Å²) in [5.74, 6) is -4.88. The number of halogens is 3. The molecule has 1 aliphatic rings. The predicted octanol–water partition coefficient (Wildman–Crippen LogP) is 1.50. The van der Waals surface area contributed by atoms with Gasteiger partial charge in [0.25, 0.3) is 0 Å². The minimum Gasteiger partial charge on any atom is -0.392 e. The van der Waals surface area contributed by atoms with E-state index in [1.54, 1.807) is 4.90 Å². The number of piperidine rings is 1. The molecule has 1 saturated heterocycles. The van der Waals surface area contributed by atoms with E-state index in [-0.39, 0.29) is 6.54 Å². The van der Waals surface area contributed by atoms with Crippen molar-refractivity contribution in [2.24, 2.45) is 0 Å². The molecule has 4 nitrogen and oxygen atoms in total. The fourth-order valence-corrected chi connectivity index (χ4v) is 2.19. The molecule has 1 fully saturated rings. The first kappa shape index (κ1) is 14.8.